The van der Waals surface area contributed by atoms with Crippen molar-refractivity contribution < 1.29 is 0 Å². The van der Waals surface area contributed by atoms with Crippen molar-refractivity contribution in [2.45, 2.75) is 35.8 Å². The van der Waals surface area contributed by atoms with E-state index in [0.29, 0.717) is 0 Å². The van der Waals surface area contributed by atoms with Gasteiger partial charge in [-0.2, -0.15) is 5.26 Å². The minimum atomic E-state index is -0.134. The zero-order valence-corrected chi connectivity index (χ0v) is 10.3. The molecule has 0 N–H and O–H groups in total. The molecule has 1 aliphatic rings. The Morgan fingerprint density at radius 1 is 1.50 bits per heavy atom. The molecule has 16 heavy (non-hydrogen) atoms. The van der Waals surface area contributed by atoms with Crippen LogP contribution in [0, 0.1) is 11.3 Å². The summed E-state index contributed by atoms with van der Waals surface area (Å²) >= 11 is 1.72. The molecule has 1 fully saturated rings. The first-order valence-corrected chi connectivity index (χ1v) is 6.29. The molecule has 0 spiro atoms. The van der Waals surface area contributed by atoms with Crippen molar-refractivity contribution in [2.24, 2.45) is 0 Å². The molecule has 82 valence electrons. The minimum absolute atomic E-state index is 0.134. The molecule has 1 aliphatic carbocycles. The largest absolute Gasteiger partial charge is 0.197 e. The lowest BCUT2D eigenvalue weighted by Crippen LogP contribution is -1.99. The van der Waals surface area contributed by atoms with Gasteiger partial charge in [0.25, 0.3) is 0 Å². The highest BCUT2D eigenvalue weighted by Crippen LogP contribution is 2.51. The van der Waals surface area contributed by atoms with E-state index >= 15 is 0 Å². The van der Waals surface area contributed by atoms with Crippen LogP contribution in [0.4, 0.5) is 0 Å². The third-order valence-corrected chi connectivity index (χ3v) is 4.19. The first-order chi connectivity index (χ1) is 7.65. The van der Waals surface area contributed by atoms with E-state index in [1.165, 1.54) is 10.5 Å². The van der Waals surface area contributed by atoms with Gasteiger partial charge in [-0.3, -0.25) is 0 Å². The molecule has 1 nitrogen and oxygen atoms in total. The molecule has 0 saturated heterocycles. The summed E-state index contributed by atoms with van der Waals surface area (Å²) in [4.78, 5) is 1.24. The van der Waals surface area contributed by atoms with E-state index in [9.17, 15) is 0 Å². The summed E-state index contributed by atoms with van der Waals surface area (Å²) in [6.07, 6.45) is 2.95. The molecule has 0 aliphatic heterocycles. The van der Waals surface area contributed by atoms with E-state index in [0.717, 1.165) is 24.8 Å². The summed E-state index contributed by atoms with van der Waals surface area (Å²) in [6.45, 7) is 5.99. The highest BCUT2D eigenvalue weighted by molar-refractivity contribution is 8.01. The standard InChI is InChI=1S/C14H15NS/c1-11(2)9-12-5-3-4-6-13(12)16-14(10-15)7-8-14/h3-6H,1,7-9H2,2H3. The molecule has 0 radical (unpaired) electrons. The number of rotatable bonds is 4. The van der Waals surface area contributed by atoms with Crippen molar-refractivity contribution >= 4 is 11.8 Å². The highest BCUT2D eigenvalue weighted by Gasteiger charge is 2.44. The second-order valence-electron chi connectivity index (χ2n) is 4.45. The van der Waals surface area contributed by atoms with Crippen LogP contribution in [0.2, 0.25) is 0 Å². The number of benzene rings is 1. The first-order valence-electron chi connectivity index (χ1n) is 5.48. The Labute approximate surface area is 101 Å². The normalized spacial score (nSPS) is 16.5. The lowest BCUT2D eigenvalue weighted by molar-refractivity contribution is 1.09. The van der Waals surface area contributed by atoms with E-state index in [2.05, 4.69) is 24.8 Å². The minimum Gasteiger partial charge on any atom is -0.197 e. The monoisotopic (exact) mass is 229 g/mol. The molecule has 1 saturated carbocycles. The molecule has 2 heteroatoms. The number of nitriles is 1. The van der Waals surface area contributed by atoms with Gasteiger partial charge in [-0.25, -0.2) is 0 Å². The van der Waals surface area contributed by atoms with Gasteiger partial charge < -0.3 is 0 Å². The van der Waals surface area contributed by atoms with Crippen LogP contribution in [-0.2, 0) is 6.42 Å². The SMILES string of the molecule is C=C(C)Cc1ccccc1SC1(C#N)CC1. The molecule has 0 heterocycles. The van der Waals surface area contributed by atoms with E-state index < -0.39 is 0 Å². The topological polar surface area (TPSA) is 23.8 Å². The van der Waals surface area contributed by atoms with Gasteiger partial charge in [-0.1, -0.05) is 30.4 Å². The number of nitrogens with zero attached hydrogens (tertiary/aromatic N) is 1. The predicted molar refractivity (Wildman–Crippen MR) is 68.4 cm³/mol. The van der Waals surface area contributed by atoms with Gasteiger partial charge in [-0.15, -0.1) is 11.8 Å². The first kappa shape index (κ1) is 11.3. The van der Waals surface area contributed by atoms with E-state index in [4.69, 9.17) is 5.26 Å². The Kier molecular flexibility index (Phi) is 3.07. The zero-order valence-electron chi connectivity index (χ0n) is 9.49. The van der Waals surface area contributed by atoms with Gasteiger partial charge in [0.05, 0.1) is 6.07 Å². The second kappa shape index (κ2) is 4.35. The third kappa shape index (κ3) is 2.48. The molecule has 1 aromatic carbocycles. The molecule has 0 unspecified atom stereocenters. The fourth-order valence-electron chi connectivity index (χ4n) is 1.64. The van der Waals surface area contributed by atoms with Crippen LogP contribution in [0.3, 0.4) is 0 Å². The molecule has 0 atom stereocenters. The molecular formula is C14H15NS. The molecule has 0 bridgehead atoms. The van der Waals surface area contributed by atoms with E-state index in [1.807, 2.05) is 19.1 Å². The van der Waals surface area contributed by atoms with Crippen LogP contribution >= 0.6 is 11.8 Å². The summed E-state index contributed by atoms with van der Waals surface area (Å²) in [7, 11) is 0. The second-order valence-corrected chi connectivity index (χ2v) is 5.88. The zero-order chi connectivity index (χ0) is 11.6. The summed E-state index contributed by atoms with van der Waals surface area (Å²) in [5.74, 6) is 0. The fraction of sp³-hybridized carbons (Fsp3) is 0.357. The summed E-state index contributed by atoms with van der Waals surface area (Å²) in [5.41, 5.74) is 2.45. The van der Waals surface area contributed by atoms with Crippen LogP contribution in [0.15, 0.2) is 41.3 Å². The van der Waals surface area contributed by atoms with Gasteiger partial charge in [0.2, 0.25) is 0 Å². The maximum atomic E-state index is 9.10. The van der Waals surface area contributed by atoms with E-state index in [1.54, 1.807) is 11.8 Å². The fourth-order valence-corrected chi connectivity index (χ4v) is 2.83. The number of hydrogen-bond donors (Lipinski definition) is 0. The maximum Gasteiger partial charge on any atom is 0.107 e. The Morgan fingerprint density at radius 3 is 2.75 bits per heavy atom. The average Bonchev–Trinajstić information content (AvgIpc) is 3.01. The van der Waals surface area contributed by atoms with Crippen molar-refractivity contribution in [1.29, 1.82) is 5.26 Å². The quantitative estimate of drug-likeness (QED) is 0.730. The lowest BCUT2D eigenvalue weighted by Gasteiger charge is -2.11. The predicted octanol–water partition coefficient (Wildman–Crippen LogP) is 3.95. The molecule has 2 rings (SSSR count). The van der Waals surface area contributed by atoms with Gasteiger partial charge in [-0.05, 0) is 37.8 Å². The van der Waals surface area contributed by atoms with Crippen LogP contribution in [0.25, 0.3) is 0 Å². The number of thioether (sulfide) groups is 1. The van der Waals surface area contributed by atoms with Crippen molar-refractivity contribution in [2.75, 3.05) is 0 Å². The van der Waals surface area contributed by atoms with Crippen LogP contribution in [0.5, 0.6) is 0 Å². The Bertz CT molecular complexity index is 452. The lowest BCUT2D eigenvalue weighted by atomic mass is 10.1. The van der Waals surface area contributed by atoms with Crippen LogP contribution in [-0.4, -0.2) is 4.75 Å². The molecule has 0 amide bonds. The summed E-state index contributed by atoms with van der Waals surface area (Å²) in [6, 6.07) is 10.8. The summed E-state index contributed by atoms with van der Waals surface area (Å²) in [5, 5.41) is 9.10. The maximum absolute atomic E-state index is 9.10. The molecule has 1 aromatic rings. The van der Waals surface area contributed by atoms with Gasteiger partial charge in [0.1, 0.15) is 4.75 Å². The molecular weight excluding hydrogens is 214 g/mol. The van der Waals surface area contributed by atoms with Crippen molar-refractivity contribution in [1.82, 2.24) is 0 Å². The van der Waals surface area contributed by atoms with Crippen LogP contribution in [0.1, 0.15) is 25.3 Å². The Morgan fingerprint density at radius 2 is 2.19 bits per heavy atom. The van der Waals surface area contributed by atoms with Gasteiger partial charge in [0.15, 0.2) is 0 Å². The highest BCUT2D eigenvalue weighted by atomic mass is 32.2. The van der Waals surface area contributed by atoms with Crippen molar-refractivity contribution in [3.63, 3.8) is 0 Å². The van der Waals surface area contributed by atoms with Crippen molar-refractivity contribution in [3.05, 3.63) is 42.0 Å². The van der Waals surface area contributed by atoms with E-state index in [-0.39, 0.29) is 4.75 Å². The van der Waals surface area contributed by atoms with Crippen LogP contribution < -0.4 is 0 Å². The third-order valence-electron chi connectivity index (χ3n) is 2.68. The smallest absolute Gasteiger partial charge is 0.107 e. The Balaban J connectivity index is 2.20. The van der Waals surface area contributed by atoms with Gasteiger partial charge >= 0.3 is 0 Å². The average molecular weight is 229 g/mol. The van der Waals surface area contributed by atoms with Crippen molar-refractivity contribution in [3.8, 4) is 6.07 Å². The summed E-state index contributed by atoms with van der Waals surface area (Å²) < 4.78 is -0.134. The molecule has 0 aromatic heterocycles. The Hall–Kier alpha value is -1.20. The number of hydrogen-bond acceptors (Lipinski definition) is 2. The number of allylic oxidation sites excluding steroid dienone is 1. The van der Waals surface area contributed by atoms with Gasteiger partial charge in [0, 0.05) is 4.90 Å².